The smallest absolute Gasteiger partial charge is 0.204 e. The Kier molecular flexibility index (Phi) is 4.80. The van der Waals surface area contributed by atoms with Gasteiger partial charge in [-0.3, -0.25) is 4.79 Å². The first-order chi connectivity index (χ1) is 12.5. The minimum absolute atomic E-state index is 0.0708. The lowest BCUT2D eigenvalue weighted by atomic mass is 9.94. The number of hydrogen-bond donors (Lipinski definition) is 4. The molecule has 3 aromatic rings. The maximum Gasteiger partial charge on any atom is 0.204 e. The van der Waals surface area contributed by atoms with Crippen molar-refractivity contribution in [2.24, 2.45) is 0 Å². The maximum absolute atomic E-state index is 12.7. The quantitative estimate of drug-likeness (QED) is 0.321. The zero-order chi connectivity index (χ0) is 18.7. The Morgan fingerprint density at radius 2 is 1.38 bits per heavy atom. The predicted molar refractivity (Wildman–Crippen MR) is 96.8 cm³/mol. The number of Topliss-reactive ketones (excluding diaryl/α,β-unsaturated/α-hetero) is 1. The molecule has 0 amide bonds. The van der Waals surface area contributed by atoms with Gasteiger partial charge in [-0.1, -0.05) is 54.6 Å². The van der Waals surface area contributed by atoms with E-state index in [9.17, 15) is 25.2 Å². The van der Waals surface area contributed by atoms with Crippen LogP contribution in [0.1, 0.15) is 27.0 Å². The van der Waals surface area contributed by atoms with Crippen LogP contribution in [-0.2, 0) is 12.8 Å². The Bertz CT molecular complexity index is 948. The van der Waals surface area contributed by atoms with Gasteiger partial charge in [0, 0.05) is 24.0 Å². The Balaban J connectivity index is 1.92. The highest BCUT2D eigenvalue weighted by atomic mass is 16.3. The highest BCUT2D eigenvalue weighted by Crippen LogP contribution is 2.44. The highest BCUT2D eigenvalue weighted by Gasteiger charge is 2.19. The molecule has 132 valence electrons. The van der Waals surface area contributed by atoms with E-state index in [2.05, 4.69) is 0 Å². The molecule has 5 heteroatoms. The van der Waals surface area contributed by atoms with Gasteiger partial charge in [0.25, 0.3) is 0 Å². The number of hydrogen-bond acceptors (Lipinski definition) is 5. The SMILES string of the molecule is O=C(Cc1ccccc1)c1ccccc1Cc1cc(O)c(O)c(O)c1O. The Labute approximate surface area is 150 Å². The van der Waals surface area contributed by atoms with E-state index in [0.717, 1.165) is 5.56 Å². The summed E-state index contributed by atoms with van der Waals surface area (Å²) in [5, 5.41) is 38.9. The summed E-state index contributed by atoms with van der Waals surface area (Å²) >= 11 is 0. The second-order valence-electron chi connectivity index (χ2n) is 6.02. The molecule has 0 aliphatic rings. The molecule has 26 heavy (non-hydrogen) atoms. The van der Waals surface area contributed by atoms with E-state index in [0.29, 0.717) is 11.1 Å². The van der Waals surface area contributed by atoms with Crippen LogP contribution in [0.5, 0.6) is 23.0 Å². The van der Waals surface area contributed by atoms with Gasteiger partial charge in [-0.05, 0) is 17.2 Å². The van der Waals surface area contributed by atoms with Crippen molar-refractivity contribution in [3.05, 3.63) is 82.9 Å². The summed E-state index contributed by atoms with van der Waals surface area (Å²) < 4.78 is 0. The van der Waals surface area contributed by atoms with Gasteiger partial charge in [-0.2, -0.15) is 0 Å². The molecule has 0 unspecified atom stereocenters. The molecule has 0 saturated heterocycles. The molecule has 0 radical (unpaired) electrons. The molecule has 5 nitrogen and oxygen atoms in total. The molecule has 0 bridgehead atoms. The van der Waals surface area contributed by atoms with Crippen LogP contribution in [-0.4, -0.2) is 26.2 Å². The molecule has 4 N–H and O–H groups in total. The van der Waals surface area contributed by atoms with Gasteiger partial charge in [0.05, 0.1) is 0 Å². The van der Waals surface area contributed by atoms with Crippen LogP contribution in [0.3, 0.4) is 0 Å². The molecule has 0 aliphatic carbocycles. The Morgan fingerprint density at radius 1 is 0.731 bits per heavy atom. The summed E-state index contributed by atoms with van der Waals surface area (Å²) in [7, 11) is 0. The van der Waals surface area contributed by atoms with Gasteiger partial charge in [0.2, 0.25) is 11.5 Å². The van der Waals surface area contributed by atoms with E-state index < -0.39 is 23.0 Å². The Morgan fingerprint density at radius 3 is 2.12 bits per heavy atom. The second kappa shape index (κ2) is 7.19. The van der Waals surface area contributed by atoms with Gasteiger partial charge in [-0.15, -0.1) is 0 Å². The molecule has 3 aromatic carbocycles. The zero-order valence-electron chi connectivity index (χ0n) is 13.9. The van der Waals surface area contributed by atoms with Crippen molar-refractivity contribution < 1.29 is 25.2 Å². The molecule has 0 spiro atoms. The van der Waals surface area contributed by atoms with Gasteiger partial charge in [-0.25, -0.2) is 0 Å². The average molecular weight is 350 g/mol. The van der Waals surface area contributed by atoms with Gasteiger partial charge >= 0.3 is 0 Å². The highest BCUT2D eigenvalue weighted by molar-refractivity contribution is 5.99. The summed E-state index contributed by atoms with van der Waals surface area (Å²) in [5.41, 5.74) is 2.25. The molecule has 0 fully saturated rings. The number of aromatic hydroxyl groups is 4. The first-order valence-electron chi connectivity index (χ1n) is 8.08. The molecule has 0 heterocycles. The normalized spacial score (nSPS) is 10.6. The van der Waals surface area contributed by atoms with Gasteiger partial charge < -0.3 is 20.4 Å². The van der Waals surface area contributed by atoms with Crippen LogP contribution in [0.4, 0.5) is 0 Å². The average Bonchev–Trinajstić information content (AvgIpc) is 2.65. The fraction of sp³-hybridized carbons (Fsp3) is 0.0952. The van der Waals surface area contributed by atoms with E-state index in [4.69, 9.17) is 0 Å². The molecule has 3 rings (SSSR count). The number of carbonyl (C=O) groups excluding carboxylic acids is 1. The molecular weight excluding hydrogens is 332 g/mol. The summed E-state index contributed by atoms with van der Waals surface area (Å²) in [5.74, 6) is -2.69. The van der Waals surface area contributed by atoms with E-state index in [1.807, 2.05) is 30.3 Å². The lowest BCUT2D eigenvalue weighted by molar-refractivity contribution is 0.0992. The Hall–Kier alpha value is -3.47. The molecule has 0 saturated carbocycles. The fourth-order valence-corrected chi connectivity index (χ4v) is 2.85. The minimum Gasteiger partial charge on any atom is -0.504 e. The lowest BCUT2D eigenvalue weighted by Gasteiger charge is -2.12. The van der Waals surface area contributed by atoms with Crippen molar-refractivity contribution >= 4 is 5.78 Å². The van der Waals surface area contributed by atoms with Crippen LogP contribution >= 0.6 is 0 Å². The van der Waals surface area contributed by atoms with Crippen LogP contribution in [0.25, 0.3) is 0 Å². The third kappa shape index (κ3) is 3.47. The van der Waals surface area contributed by atoms with E-state index in [-0.39, 0.29) is 24.2 Å². The third-order valence-electron chi connectivity index (χ3n) is 4.21. The lowest BCUT2D eigenvalue weighted by Crippen LogP contribution is -2.07. The third-order valence-corrected chi connectivity index (χ3v) is 4.21. The number of ketones is 1. The number of rotatable bonds is 5. The summed E-state index contributed by atoms with van der Waals surface area (Å²) in [6, 6.07) is 17.5. The van der Waals surface area contributed by atoms with Crippen LogP contribution in [0.15, 0.2) is 60.7 Å². The summed E-state index contributed by atoms with van der Waals surface area (Å²) in [6.07, 6.45) is 0.361. The van der Waals surface area contributed by atoms with Crippen LogP contribution < -0.4 is 0 Å². The summed E-state index contributed by atoms with van der Waals surface area (Å²) in [6.45, 7) is 0. The fourth-order valence-electron chi connectivity index (χ4n) is 2.85. The molecule has 0 aromatic heterocycles. The van der Waals surface area contributed by atoms with E-state index >= 15 is 0 Å². The van der Waals surface area contributed by atoms with Crippen molar-refractivity contribution in [1.29, 1.82) is 0 Å². The van der Waals surface area contributed by atoms with Crippen molar-refractivity contribution in [1.82, 2.24) is 0 Å². The second-order valence-corrected chi connectivity index (χ2v) is 6.02. The largest absolute Gasteiger partial charge is 0.504 e. The van der Waals surface area contributed by atoms with Gasteiger partial charge in [0.15, 0.2) is 17.3 Å². The standard InChI is InChI=1S/C21H18O5/c22-17(10-13-6-2-1-3-7-13)16-9-5-4-8-14(16)11-15-12-18(23)20(25)21(26)19(15)24/h1-9,12,23-26H,10-11H2. The number of benzene rings is 3. The monoisotopic (exact) mass is 350 g/mol. The molecule has 0 atom stereocenters. The van der Waals surface area contributed by atoms with Crippen molar-refractivity contribution in [3.8, 4) is 23.0 Å². The van der Waals surface area contributed by atoms with Crippen molar-refractivity contribution in [2.75, 3.05) is 0 Å². The van der Waals surface area contributed by atoms with Crippen molar-refractivity contribution in [3.63, 3.8) is 0 Å². The van der Waals surface area contributed by atoms with Crippen LogP contribution in [0.2, 0.25) is 0 Å². The first-order valence-corrected chi connectivity index (χ1v) is 8.08. The number of phenolic OH excluding ortho intramolecular Hbond substituents is 4. The topological polar surface area (TPSA) is 98.0 Å². The minimum atomic E-state index is -0.784. The number of carbonyl (C=O) groups is 1. The molecule has 0 aliphatic heterocycles. The summed E-state index contributed by atoms with van der Waals surface area (Å²) in [4.78, 5) is 12.7. The van der Waals surface area contributed by atoms with Crippen molar-refractivity contribution in [2.45, 2.75) is 12.8 Å². The maximum atomic E-state index is 12.7. The van der Waals surface area contributed by atoms with Crippen LogP contribution in [0, 0.1) is 0 Å². The van der Waals surface area contributed by atoms with E-state index in [1.165, 1.54) is 6.07 Å². The number of phenols is 4. The van der Waals surface area contributed by atoms with E-state index in [1.54, 1.807) is 24.3 Å². The predicted octanol–water partition coefficient (Wildman–Crippen LogP) is 3.53. The first kappa shape index (κ1) is 17.4. The zero-order valence-corrected chi connectivity index (χ0v) is 13.9. The molecular formula is C21H18O5. The van der Waals surface area contributed by atoms with Gasteiger partial charge in [0.1, 0.15) is 0 Å².